The molecule has 0 N–H and O–H groups in total. The first-order chi connectivity index (χ1) is 12.9. The molecule has 1 unspecified atom stereocenters. The Morgan fingerprint density at radius 1 is 1.15 bits per heavy atom. The first kappa shape index (κ1) is 18.0. The molecule has 0 saturated heterocycles. The van der Waals surface area contributed by atoms with Crippen LogP contribution in [0.3, 0.4) is 0 Å². The molecule has 27 heavy (non-hydrogen) atoms. The zero-order valence-electron chi connectivity index (χ0n) is 15.5. The van der Waals surface area contributed by atoms with Crippen LogP contribution < -0.4 is 5.43 Å². The van der Waals surface area contributed by atoms with Crippen molar-refractivity contribution in [3.05, 3.63) is 79.1 Å². The highest BCUT2D eigenvalue weighted by molar-refractivity contribution is 9.10. The van der Waals surface area contributed by atoms with E-state index in [1.807, 2.05) is 57.2 Å². The lowest BCUT2D eigenvalue weighted by molar-refractivity contribution is 0.0728. The molecular weight excluding hydrogens is 406 g/mol. The van der Waals surface area contributed by atoms with E-state index in [1.54, 1.807) is 4.90 Å². The summed E-state index contributed by atoms with van der Waals surface area (Å²) < 4.78 is 6.93. The number of fused-ring (bicyclic) bond motifs is 2. The topological polar surface area (TPSA) is 50.5 Å². The first-order valence-corrected chi connectivity index (χ1v) is 9.86. The molecule has 0 bridgehead atoms. The van der Waals surface area contributed by atoms with Crippen molar-refractivity contribution in [1.82, 2.24) is 4.90 Å². The fraction of sp³-hybridized carbons (Fsp3) is 0.273. The van der Waals surface area contributed by atoms with Gasteiger partial charge < -0.3 is 9.32 Å². The zero-order chi connectivity index (χ0) is 19.3. The Bertz CT molecular complexity index is 1130. The van der Waals surface area contributed by atoms with Crippen molar-refractivity contribution in [1.29, 1.82) is 0 Å². The van der Waals surface area contributed by atoms with Gasteiger partial charge in [0.2, 0.25) is 5.76 Å². The maximum atomic E-state index is 13.5. The third kappa shape index (κ3) is 2.81. The number of hydrogen-bond acceptors (Lipinski definition) is 3. The minimum Gasteiger partial charge on any atom is -0.450 e. The Labute approximate surface area is 165 Å². The largest absolute Gasteiger partial charge is 0.450 e. The van der Waals surface area contributed by atoms with Crippen LogP contribution in [0.1, 0.15) is 52.2 Å². The smallest absolute Gasteiger partial charge is 0.290 e. The highest BCUT2D eigenvalue weighted by atomic mass is 79.9. The Hall–Kier alpha value is -2.40. The molecule has 138 valence electrons. The molecule has 0 fully saturated rings. The van der Waals surface area contributed by atoms with Crippen LogP contribution in [-0.2, 0) is 0 Å². The number of benzene rings is 2. The van der Waals surface area contributed by atoms with Crippen molar-refractivity contribution < 1.29 is 9.21 Å². The summed E-state index contributed by atoms with van der Waals surface area (Å²) in [6.45, 7) is 6.45. The monoisotopic (exact) mass is 425 g/mol. The summed E-state index contributed by atoms with van der Waals surface area (Å²) in [4.78, 5) is 28.3. The summed E-state index contributed by atoms with van der Waals surface area (Å²) >= 11 is 3.50. The molecule has 0 aliphatic carbocycles. The van der Waals surface area contributed by atoms with E-state index in [0.29, 0.717) is 23.1 Å². The number of carbonyl (C=O) groups is 1. The lowest BCUT2D eigenvalue weighted by Gasteiger charge is -2.24. The van der Waals surface area contributed by atoms with Crippen LogP contribution in [0.2, 0.25) is 0 Å². The summed E-state index contributed by atoms with van der Waals surface area (Å²) in [7, 11) is 0. The number of nitrogens with zero attached hydrogens (tertiary/aromatic N) is 1. The Morgan fingerprint density at radius 3 is 2.63 bits per heavy atom. The van der Waals surface area contributed by atoms with E-state index < -0.39 is 6.04 Å². The van der Waals surface area contributed by atoms with Gasteiger partial charge in [0.05, 0.1) is 17.0 Å². The number of hydrogen-bond donors (Lipinski definition) is 0. The number of aryl methyl sites for hydroxylation is 2. The molecule has 1 aliphatic rings. The number of rotatable bonds is 3. The van der Waals surface area contributed by atoms with Gasteiger partial charge in [-0.05, 0) is 55.2 Å². The van der Waals surface area contributed by atoms with E-state index in [-0.39, 0.29) is 17.1 Å². The molecule has 1 aliphatic heterocycles. The van der Waals surface area contributed by atoms with Gasteiger partial charge in [0.25, 0.3) is 5.91 Å². The van der Waals surface area contributed by atoms with Gasteiger partial charge in [-0.25, -0.2) is 0 Å². The number of halogens is 1. The molecule has 3 aromatic rings. The van der Waals surface area contributed by atoms with E-state index in [9.17, 15) is 9.59 Å². The standard InChI is InChI=1S/C22H20BrNO3/c1-4-8-24-19(14-6-5-7-15(23)11-14)18-20(25)17-13(3)9-12(2)10-16(17)27-21(18)22(24)26/h5-7,9-11,19H,4,8H2,1-3H3. The molecule has 1 aromatic heterocycles. The van der Waals surface area contributed by atoms with Crippen molar-refractivity contribution in [3.63, 3.8) is 0 Å². The third-order valence-corrected chi connectivity index (χ3v) is 5.53. The van der Waals surface area contributed by atoms with Crippen molar-refractivity contribution >= 4 is 32.8 Å². The fourth-order valence-electron chi connectivity index (χ4n) is 4.01. The predicted molar refractivity (Wildman–Crippen MR) is 109 cm³/mol. The summed E-state index contributed by atoms with van der Waals surface area (Å²) in [6.07, 6.45) is 0.802. The molecule has 1 atom stereocenters. The van der Waals surface area contributed by atoms with Crippen LogP contribution >= 0.6 is 15.9 Å². The van der Waals surface area contributed by atoms with Gasteiger partial charge in [0.1, 0.15) is 5.58 Å². The number of amides is 1. The zero-order valence-corrected chi connectivity index (χ0v) is 17.1. The third-order valence-electron chi connectivity index (χ3n) is 5.04. The van der Waals surface area contributed by atoms with Gasteiger partial charge in [-0.2, -0.15) is 0 Å². The summed E-state index contributed by atoms with van der Waals surface area (Å²) in [5.74, 6) is -0.0362. The Kier molecular flexibility index (Phi) is 4.42. The lowest BCUT2D eigenvalue weighted by Crippen LogP contribution is -2.30. The first-order valence-electron chi connectivity index (χ1n) is 9.06. The number of carbonyl (C=O) groups excluding carboxylic acids is 1. The normalized spacial score (nSPS) is 16.2. The second kappa shape index (κ2) is 6.64. The highest BCUT2D eigenvalue weighted by Gasteiger charge is 2.42. The molecule has 4 rings (SSSR count). The molecule has 5 heteroatoms. The molecular formula is C22H20BrNO3. The van der Waals surface area contributed by atoms with Gasteiger partial charge in [-0.3, -0.25) is 9.59 Å². The van der Waals surface area contributed by atoms with Gasteiger partial charge in [0.15, 0.2) is 5.43 Å². The van der Waals surface area contributed by atoms with Crippen LogP contribution in [-0.4, -0.2) is 17.4 Å². The van der Waals surface area contributed by atoms with E-state index in [0.717, 1.165) is 27.6 Å². The van der Waals surface area contributed by atoms with Crippen molar-refractivity contribution in [2.75, 3.05) is 6.54 Å². The van der Waals surface area contributed by atoms with Gasteiger partial charge in [-0.15, -0.1) is 0 Å². The fourth-order valence-corrected chi connectivity index (χ4v) is 4.43. The van der Waals surface area contributed by atoms with E-state index in [4.69, 9.17) is 4.42 Å². The van der Waals surface area contributed by atoms with E-state index >= 15 is 0 Å². The summed E-state index contributed by atoms with van der Waals surface area (Å²) in [6, 6.07) is 11.1. The van der Waals surface area contributed by atoms with Crippen molar-refractivity contribution in [3.8, 4) is 0 Å². The second-order valence-electron chi connectivity index (χ2n) is 7.09. The molecule has 2 aromatic carbocycles. The van der Waals surface area contributed by atoms with E-state index in [2.05, 4.69) is 15.9 Å². The quantitative estimate of drug-likeness (QED) is 0.584. The molecule has 0 spiro atoms. The van der Waals surface area contributed by atoms with Gasteiger partial charge >= 0.3 is 0 Å². The Balaban J connectivity index is 2.06. The highest BCUT2D eigenvalue weighted by Crippen LogP contribution is 2.39. The molecule has 0 saturated carbocycles. The minimum atomic E-state index is -0.425. The predicted octanol–water partition coefficient (Wildman–Crippen LogP) is 5.13. The average molecular weight is 426 g/mol. The summed E-state index contributed by atoms with van der Waals surface area (Å²) in [5, 5.41) is 0.561. The summed E-state index contributed by atoms with van der Waals surface area (Å²) in [5.41, 5.74) is 3.60. The SMILES string of the molecule is CCCN1C(=O)c2oc3cc(C)cc(C)c3c(=O)c2C1c1cccc(Br)c1. The van der Waals surface area contributed by atoms with E-state index in [1.165, 1.54) is 0 Å². The molecule has 1 amide bonds. The molecule has 0 radical (unpaired) electrons. The minimum absolute atomic E-state index is 0.110. The maximum Gasteiger partial charge on any atom is 0.290 e. The van der Waals surface area contributed by atoms with Crippen LogP contribution in [0.15, 0.2) is 50.1 Å². The van der Waals surface area contributed by atoms with Crippen LogP contribution in [0.5, 0.6) is 0 Å². The lowest BCUT2D eigenvalue weighted by atomic mass is 9.97. The van der Waals surface area contributed by atoms with Gasteiger partial charge in [0, 0.05) is 11.0 Å². The van der Waals surface area contributed by atoms with Crippen molar-refractivity contribution in [2.45, 2.75) is 33.2 Å². The van der Waals surface area contributed by atoms with Crippen LogP contribution in [0.25, 0.3) is 11.0 Å². The second-order valence-corrected chi connectivity index (χ2v) is 8.00. The van der Waals surface area contributed by atoms with Crippen LogP contribution in [0.4, 0.5) is 0 Å². The Morgan fingerprint density at radius 2 is 1.93 bits per heavy atom. The van der Waals surface area contributed by atoms with Crippen LogP contribution in [0, 0.1) is 13.8 Å². The molecule has 2 heterocycles. The molecule has 4 nitrogen and oxygen atoms in total. The average Bonchev–Trinajstić information content (AvgIpc) is 2.88. The van der Waals surface area contributed by atoms with Crippen molar-refractivity contribution in [2.24, 2.45) is 0 Å². The maximum absolute atomic E-state index is 13.5. The van der Waals surface area contributed by atoms with Gasteiger partial charge in [-0.1, -0.05) is 41.1 Å².